The van der Waals surface area contributed by atoms with E-state index in [0.29, 0.717) is 17.5 Å². The van der Waals surface area contributed by atoms with Crippen LogP contribution in [0, 0.1) is 23.7 Å². The highest BCUT2D eigenvalue weighted by atomic mass is 16.2. The van der Waals surface area contributed by atoms with E-state index in [4.69, 9.17) is 0 Å². The van der Waals surface area contributed by atoms with Crippen LogP contribution < -0.4 is 0 Å². The summed E-state index contributed by atoms with van der Waals surface area (Å²) in [7, 11) is 0. The molecule has 7 nitrogen and oxygen atoms in total. The van der Waals surface area contributed by atoms with Crippen molar-refractivity contribution >= 4 is 11.8 Å². The van der Waals surface area contributed by atoms with Gasteiger partial charge in [0.15, 0.2) is 0 Å². The number of amides is 2. The monoisotopic (exact) mass is 425 g/mol. The third-order valence-electron chi connectivity index (χ3n) is 8.73. The van der Waals surface area contributed by atoms with E-state index in [0.717, 1.165) is 90.0 Å². The molecule has 0 radical (unpaired) electrons. The Bertz CT molecular complexity index is 842. The third kappa shape index (κ3) is 3.36. The number of carbonyl (C=O) groups is 2. The molecule has 3 aliphatic heterocycles. The van der Waals surface area contributed by atoms with Gasteiger partial charge < -0.3 is 14.7 Å². The lowest BCUT2D eigenvalue weighted by Crippen LogP contribution is -2.50. The van der Waals surface area contributed by atoms with Gasteiger partial charge in [-0.05, 0) is 63.3 Å². The van der Waals surface area contributed by atoms with Gasteiger partial charge in [-0.15, -0.1) is 0 Å². The van der Waals surface area contributed by atoms with Crippen molar-refractivity contribution in [1.29, 1.82) is 0 Å². The summed E-state index contributed by atoms with van der Waals surface area (Å²) in [6, 6.07) is 0. The molecular formula is C24H35N5O2. The minimum Gasteiger partial charge on any atom is -0.342 e. The Labute approximate surface area is 185 Å². The maximum Gasteiger partial charge on any atom is 0.274 e. The van der Waals surface area contributed by atoms with Gasteiger partial charge >= 0.3 is 0 Å². The third-order valence-corrected chi connectivity index (χ3v) is 8.73. The SMILES string of the molecule is CCN1C[C@H]2C3(CCN(C(=O)c4cnc(C)cn4)CC3)CC[C@@]2(C(=O)N2CCCC2)C1. The van der Waals surface area contributed by atoms with E-state index in [-0.39, 0.29) is 16.7 Å². The van der Waals surface area contributed by atoms with Crippen LogP contribution in [0.3, 0.4) is 0 Å². The number of hydrogen-bond acceptors (Lipinski definition) is 5. The number of likely N-dealkylation sites (tertiary alicyclic amines) is 3. The van der Waals surface area contributed by atoms with Crippen LogP contribution in [-0.2, 0) is 4.79 Å². The normalized spacial score (nSPS) is 30.2. The van der Waals surface area contributed by atoms with Gasteiger partial charge in [-0.1, -0.05) is 6.92 Å². The first-order valence-electron chi connectivity index (χ1n) is 12.1. The number of nitrogens with zero attached hydrogens (tertiary/aromatic N) is 5. The molecule has 168 valence electrons. The molecule has 5 rings (SSSR count). The predicted octanol–water partition coefficient (Wildman–Crippen LogP) is 2.36. The second-order valence-corrected chi connectivity index (χ2v) is 10.2. The first-order chi connectivity index (χ1) is 15.0. The Hall–Kier alpha value is -2.02. The Balaban J connectivity index is 1.33. The second kappa shape index (κ2) is 7.84. The van der Waals surface area contributed by atoms with Gasteiger partial charge in [0.2, 0.25) is 5.91 Å². The standard InChI is InChI=1S/C24H35N5O2/c1-3-27-16-20-23(6-7-24(20,17-27)22(31)29-10-4-5-11-29)8-12-28(13-9-23)21(30)19-15-25-18(2)14-26-19/h14-15,20H,3-13,16-17H2,1-2H3/t20-,24+/m0/s1. The van der Waals surface area contributed by atoms with E-state index >= 15 is 0 Å². The largest absolute Gasteiger partial charge is 0.342 e. The van der Waals surface area contributed by atoms with Crippen LogP contribution in [0.15, 0.2) is 12.4 Å². The zero-order valence-corrected chi connectivity index (χ0v) is 19.0. The van der Waals surface area contributed by atoms with E-state index in [1.54, 1.807) is 12.4 Å². The van der Waals surface area contributed by atoms with Crippen LogP contribution in [0.25, 0.3) is 0 Å². The van der Waals surface area contributed by atoms with E-state index in [9.17, 15) is 9.59 Å². The predicted molar refractivity (Wildman–Crippen MR) is 117 cm³/mol. The first-order valence-corrected chi connectivity index (χ1v) is 12.1. The van der Waals surface area contributed by atoms with Gasteiger partial charge in [0, 0.05) is 45.5 Å². The van der Waals surface area contributed by atoms with Gasteiger partial charge in [0.05, 0.1) is 17.3 Å². The summed E-state index contributed by atoms with van der Waals surface area (Å²) in [5, 5.41) is 0. The van der Waals surface area contributed by atoms with E-state index in [1.807, 2.05) is 11.8 Å². The molecule has 1 aromatic rings. The summed E-state index contributed by atoms with van der Waals surface area (Å²) in [5.41, 5.74) is 1.25. The molecule has 31 heavy (non-hydrogen) atoms. The number of aryl methyl sites for hydroxylation is 1. The maximum atomic E-state index is 13.7. The van der Waals surface area contributed by atoms with Crippen molar-refractivity contribution in [3.05, 3.63) is 23.8 Å². The Morgan fingerprint density at radius 1 is 1.00 bits per heavy atom. The lowest BCUT2D eigenvalue weighted by atomic mass is 9.65. The highest BCUT2D eigenvalue weighted by Crippen LogP contribution is 2.62. The van der Waals surface area contributed by atoms with Gasteiger partial charge in [-0.25, -0.2) is 4.98 Å². The lowest BCUT2D eigenvalue weighted by molar-refractivity contribution is -0.142. The number of aromatic nitrogens is 2. The number of piperidine rings is 1. The molecule has 1 aromatic heterocycles. The fourth-order valence-corrected chi connectivity index (χ4v) is 6.90. The molecule has 4 aliphatic rings. The molecule has 0 N–H and O–H groups in total. The summed E-state index contributed by atoms with van der Waals surface area (Å²) in [5.74, 6) is 0.835. The Kier molecular flexibility index (Phi) is 5.27. The van der Waals surface area contributed by atoms with Crippen molar-refractivity contribution in [3.8, 4) is 0 Å². The van der Waals surface area contributed by atoms with Crippen molar-refractivity contribution in [2.75, 3.05) is 45.8 Å². The molecule has 1 saturated carbocycles. The van der Waals surface area contributed by atoms with Crippen LogP contribution in [-0.4, -0.2) is 82.3 Å². The zero-order chi connectivity index (χ0) is 21.6. The van der Waals surface area contributed by atoms with Crippen LogP contribution >= 0.6 is 0 Å². The quantitative estimate of drug-likeness (QED) is 0.744. The van der Waals surface area contributed by atoms with Crippen molar-refractivity contribution < 1.29 is 9.59 Å². The van der Waals surface area contributed by atoms with E-state index < -0.39 is 0 Å². The van der Waals surface area contributed by atoms with Crippen molar-refractivity contribution in [1.82, 2.24) is 24.7 Å². The van der Waals surface area contributed by atoms with Crippen LogP contribution in [0.4, 0.5) is 0 Å². The molecular weight excluding hydrogens is 390 g/mol. The molecule has 4 heterocycles. The first kappa shape index (κ1) is 20.9. The van der Waals surface area contributed by atoms with Crippen molar-refractivity contribution in [2.24, 2.45) is 16.7 Å². The van der Waals surface area contributed by atoms with E-state index in [1.165, 1.54) is 0 Å². The molecule has 2 amide bonds. The number of rotatable bonds is 3. The van der Waals surface area contributed by atoms with Gasteiger partial charge in [0.25, 0.3) is 5.91 Å². The van der Waals surface area contributed by atoms with E-state index in [2.05, 4.69) is 26.7 Å². The van der Waals surface area contributed by atoms with Gasteiger partial charge in [0.1, 0.15) is 5.69 Å². The molecule has 7 heteroatoms. The minimum atomic E-state index is -0.199. The molecule has 1 aliphatic carbocycles. The molecule has 1 spiro atoms. The fraction of sp³-hybridized carbons (Fsp3) is 0.750. The lowest BCUT2D eigenvalue weighted by Gasteiger charge is -2.44. The Morgan fingerprint density at radius 2 is 1.74 bits per heavy atom. The summed E-state index contributed by atoms with van der Waals surface area (Å²) in [4.78, 5) is 41.8. The molecule has 4 fully saturated rings. The number of carbonyl (C=O) groups excluding carboxylic acids is 2. The van der Waals surface area contributed by atoms with Crippen molar-refractivity contribution in [2.45, 2.75) is 52.4 Å². The highest BCUT2D eigenvalue weighted by molar-refractivity contribution is 5.92. The smallest absolute Gasteiger partial charge is 0.274 e. The highest BCUT2D eigenvalue weighted by Gasteiger charge is 2.64. The van der Waals surface area contributed by atoms with Crippen LogP contribution in [0.5, 0.6) is 0 Å². The average Bonchev–Trinajstić information content (AvgIpc) is 3.51. The maximum absolute atomic E-state index is 13.7. The number of fused-ring (bicyclic) bond motifs is 2. The summed E-state index contributed by atoms with van der Waals surface area (Å²) >= 11 is 0. The number of hydrogen-bond donors (Lipinski definition) is 0. The van der Waals surface area contributed by atoms with Crippen LogP contribution in [0.1, 0.15) is 61.6 Å². The second-order valence-electron chi connectivity index (χ2n) is 10.2. The van der Waals surface area contributed by atoms with Crippen molar-refractivity contribution in [3.63, 3.8) is 0 Å². The molecule has 2 atom stereocenters. The molecule has 0 bridgehead atoms. The zero-order valence-electron chi connectivity index (χ0n) is 19.0. The fourth-order valence-electron chi connectivity index (χ4n) is 6.90. The van der Waals surface area contributed by atoms with Crippen LogP contribution in [0.2, 0.25) is 0 Å². The summed E-state index contributed by atoms with van der Waals surface area (Å²) in [6.45, 7) is 10.4. The topological polar surface area (TPSA) is 69.6 Å². The summed E-state index contributed by atoms with van der Waals surface area (Å²) in [6.07, 6.45) is 9.67. The average molecular weight is 426 g/mol. The molecule has 0 aromatic carbocycles. The molecule has 3 saturated heterocycles. The van der Waals surface area contributed by atoms with Gasteiger partial charge in [-0.2, -0.15) is 0 Å². The van der Waals surface area contributed by atoms with Gasteiger partial charge in [-0.3, -0.25) is 14.6 Å². The summed E-state index contributed by atoms with van der Waals surface area (Å²) < 4.78 is 0. The molecule has 0 unspecified atom stereocenters. The minimum absolute atomic E-state index is 0.0126. The Morgan fingerprint density at radius 3 is 2.39 bits per heavy atom.